The third-order valence-corrected chi connectivity index (χ3v) is 5.48. The highest BCUT2D eigenvalue weighted by atomic mass is 16.6. The third kappa shape index (κ3) is 8.22. The molecule has 0 heterocycles. The fourth-order valence-corrected chi connectivity index (χ4v) is 3.52. The van der Waals surface area contributed by atoms with Crippen LogP contribution < -0.4 is 10.6 Å². The van der Waals surface area contributed by atoms with E-state index in [0.29, 0.717) is 12.0 Å². The largest absolute Gasteiger partial charge is 0.508 e. The summed E-state index contributed by atoms with van der Waals surface area (Å²) >= 11 is 0. The number of hydrogen-bond acceptors (Lipinski definition) is 5. The molecule has 8 heteroatoms. The zero-order valence-electron chi connectivity index (χ0n) is 22.4. The molecule has 1 aromatic rings. The van der Waals surface area contributed by atoms with Gasteiger partial charge in [0.15, 0.2) is 0 Å². The van der Waals surface area contributed by atoms with Crippen LogP contribution >= 0.6 is 0 Å². The fourth-order valence-electron chi connectivity index (χ4n) is 3.52. The lowest BCUT2D eigenvalue weighted by Crippen LogP contribution is -2.60. The Kier molecular flexibility index (Phi) is 9.97. The molecule has 3 N–H and O–H groups in total. The molecule has 0 spiro atoms. The molecule has 0 bridgehead atoms. The first-order chi connectivity index (χ1) is 15.5. The molecule has 0 saturated carbocycles. The molecule has 192 valence electrons. The second-order valence-electron chi connectivity index (χ2n) is 10.9. The molecular weight excluding hydrogens is 434 g/mol. The average Bonchev–Trinajstić information content (AvgIpc) is 2.67. The molecule has 8 nitrogen and oxygen atoms in total. The van der Waals surface area contributed by atoms with Crippen molar-refractivity contribution in [3.8, 4) is 5.75 Å². The summed E-state index contributed by atoms with van der Waals surface area (Å²) in [7, 11) is 0. The van der Waals surface area contributed by atoms with Gasteiger partial charge in [0.05, 0.1) is 0 Å². The van der Waals surface area contributed by atoms with Gasteiger partial charge in [-0.1, -0.05) is 32.9 Å². The third-order valence-electron chi connectivity index (χ3n) is 5.48. The number of nitrogens with one attached hydrogen (secondary N) is 2. The molecule has 1 rings (SSSR count). The summed E-state index contributed by atoms with van der Waals surface area (Å²) < 4.78 is 5.39. The van der Waals surface area contributed by atoms with Gasteiger partial charge in [-0.25, -0.2) is 4.79 Å². The van der Waals surface area contributed by atoms with Crippen molar-refractivity contribution in [2.45, 2.75) is 105 Å². The Balaban J connectivity index is 3.61. The summed E-state index contributed by atoms with van der Waals surface area (Å²) in [6, 6.07) is 4.25. The Hall–Kier alpha value is -2.77. The molecule has 1 aromatic carbocycles. The van der Waals surface area contributed by atoms with Gasteiger partial charge >= 0.3 is 6.09 Å². The van der Waals surface area contributed by atoms with Crippen molar-refractivity contribution >= 4 is 17.9 Å². The number of carbonyl (C=O) groups is 3. The minimum Gasteiger partial charge on any atom is -0.508 e. The highest BCUT2D eigenvalue weighted by Crippen LogP contribution is 2.34. The highest BCUT2D eigenvalue weighted by molar-refractivity contribution is 5.93. The van der Waals surface area contributed by atoms with E-state index in [0.717, 1.165) is 0 Å². The Morgan fingerprint density at radius 1 is 1.03 bits per heavy atom. The lowest BCUT2D eigenvalue weighted by Gasteiger charge is -2.45. The van der Waals surface area contributed by atoms with Crippen molar-refractivity contribution in [1.82, 2.24) is 15.5 Å². The van der Waals surface area contributed by atoms with E-state index in [1.807, 2.05) is 48.5 Å². The number of nitrogens with zero attached hydrogens (tertiary/aromatic N) is 1. The van der Waals surface area contributed by atoms with E-state index in [-0.39, 0.29) is 23.6 Å². The Labute approximate surface area is 204 Å². The molecular formula is C26H43N3O5. The van der Waals surface area contributed by atoms with Gasteiger partial charge in [0.2, 0.25) is 11.8 Å². The smallest absolute Gasteiger partial charge is 0.408 e. The summed E-state index contributed by atoms with van der Waals surface area (Å²) in [5.41, 5.74) is -0.990. The molecule has 0 aliphatic heterocycles. The van der Waals surface area contributed by atoms with Crippen LogP contribution in [0.15, 0.2) is 24.3 Å². The second-order valence-corrected chi connectivity index (χ2v) is 10.9. The first kappa shape index (κ1) is 29.3. The van der Waals surface area contributed by atoms with E-state index in [4.69, 9.17) is 4.74 Å². The Morgan fingerprint density at radius 2 is 1.62 bits per heavy atom. The number of amides is 3. The van der Waals surface area contributed by atoms with Crippen LogP contribution in [0.25, 0.3) is 0 Å². The summed E-state index contributed by atoms with van der Waals surface area (Å²) in [5.74, 6) is -1.04. The maximum Gasteiger partial charge on any atom is 0.408 e. The van der Waals surface area contributed by atoms with Gasteiger partial charge in [-0.15, -0.1) is 0 Å². The van der Waals surface area contributed by atoms with Crippen molar-refractivity contribution in [1.29, 1.82) is 0 Å². The minimum absolute atomic E-state index is 0.00570. The van der Waals surface area contributed by atoms with Crippen molar-refractivity contribution in [2.75, 3.05) is 0 Å². The number of benzene rings is 1. The number of carbonyl (C=O) groups excluding carboxylic acids is 3. The average molecular weight is 478 g/mol. The molecule has 0 radical (unpaired) electrons. The van der Waals surface area contributed by atoms with Crippen LogP contribution in [0.2, 0.25) is 0 Å². The summed E-state index contributed by atoms with van der Waals surface area (Å²) in [6.45, 7) is 18.3. The normalized spacial score (nSPS) is 13.9. The minimum atomic E-state index is -1.02. The van der Waals surface area contributed by atoms with E-state index in [9.17, 15) is 19.5 Å². The lowest BCUT2D eigenvalue weighted by atomic mass is 9.90. The van der Waals surface area contributed by atoms with Crippen molar-refractivity contribution in [3.05, 3.63) is 29.8 Å². The topological polar surface area (TPSA) is 108 Å². The number of hydrogen-bond donors (Lipinski definition) is 3. The maximum absolute atomic E-state index is 14.1. The molecule has 34 heavy (non-hydrogen) atoms. The number of phenols is 1. The van der Waals surface area contributed by atoms with Gasteiger partial charge in [0.1, 0.15) is 23.4 Å². The van der Waals surface area contributed by atoms with Crippen LogP contribution in [0.3, 0.4) is 0 Å². The zero-order valence-corrected chi connectivity index (χ0v) is 22.4. The maximum atomic E-state index is 14.1. The number of alkyl carbamates (subject to hydrolysis) is 1. The van der Waals surface area contributed by atoms with Crippen LogP contribution in [-0.4, -0.2) is 51.1 Å². The molecule has 0 aliphatic carbocycles. The summed E-state index contributed by atoms with van der Waals surface area (Å²) in [4.78, 5) is 41.7. The van der Waals surface area contributed by atoms with Gasteiger partial charge in [0.25, 0.3) is 0 Å². The van der Waals surface area contributed by atoms with Crippen molar-refractivity contribution in [2.24, 2.45) is 5.92 Å². The number of ether oxygens (including phenoxy) is 1. The van der Waals surface area contributed by atoms with Gasteiger partial charge in [0, 0.05) is 11.6 Å². The van der Waals surface area contributed by atoms with Crippen LogP contribution in [0.1, 0.15) is 87.3 Å². The standard InChI is InChI=1S/C26H43N3O5/c1-11-26(9,10)29(23(32)20(16(2)3)28-24(33)34-25(6,7)8)21(22(31)27-17(4)5)18-13-12-14-19(30)15-18/h12-17,20-21,30H,11H2,1-10H3,(H,27,31)(H,28,33). The van der Waals surface area contributed by atoms with Crippen molar-refractivity contribution in [3.63, 3.8) is 0 Å². The molecule has 3 amide bonds. The van der Waals surface area contributed by atoms with E-state index in [1.165, 1.54) is 17.0 Å². The van der Waals surface area contributed by atoms with Crippen LogP contribution in [0, 0.1) is 5.92 Å². The number of rotatable bonds is 9. The van der Waals surface area contributed by atoms with E-state index in [1.54, 1.807) is 32.9 Å². The molecule has 2 atom stereocenters. The predicted octanol–water partition coefficient (Wildman–Crippen LogP) is 4.52. The molecule has 0 fully saturated rings. The molecule has 0 saturated heterocycles. The van der Waals surface area contributed by atoms with Crippen LogP contribution in [-0.2, 0) is 14.3 Å². The van der Waals surface area contributed by atoms with E-state index >= 15 is 0 Å². The van der Waals surface area contributed by atoms with Crippen LogP contribution in [0.4, 0.5) is 4.79 Å². The molecule has 0 aliphatic rings. The monoisotopic (exact) mass is 477 g/mol. The summed E-state index contributed by atoms with van der Waals surface area (Å²) in [6.07, 6.45) is -0.144. The van der Waals surface area contributed by atoms with Gasteiger partial charge in [-0.3, -0.25) is 9.59 Å². The number of phenolic OH excluding ortho intramolecular Hbond substituents is 1. The summed E-state index contributed by atoms with van der Waals surface area (Å²) in [5, 5.41) is 15.7. The Bertz CT molecular complexity index is 858. The Morgan fingerprint density at radius 3 is 2.06 bits per heavy atom. The first-order valence-electron chi connectivity index (χ1n) is 11.9. The first-order valence-corrected chi connectivity index (χ1v) is 11.9. The van der Waals surface area contributed by atoms with E-state index in [2.05, 4.69) is 10.6 Å². The molecule has 2 unspecified atom stereocenters. The fraction of sp³-hybridized carbons (Fsp3) is 0.654. The second kappa shape index (κ2) is 11.6. The quantitative estimate of drug-likeness (QED) is 0.484. The van der Waals surface area contributed by atoms with Crippen LogP contribution in [0.5, 0.6) is 5.75 Å². The SMILES string of the molecule is CCC(C)(C)N(C(=O)C(NC(=O)OC(C)(C)C)C(C)C)C(C(=O)NC(C)C)c1cccc(O)c1. The van der Waals surface area contributed by atoms with Gasteiger partial charge in [-0.05, 0) is 78.5 Å². The van der Waals surface area contributed by atoms with Gasteiger partial charge < -0.3 is 25.4 Å². The van der Waals surface area contributed by atoms with Gasteiger partial charge in [-0.2, -0.15) is 0 Å². The zero-order chi connectivity index (χ0) is 26.4. The highest BCUT2D eigenvalue weighted by Gasteiger charge is 2.44. The molecule has 0 aromatic heterocycles. The predicted molar refractivity (Wildman–Crippen MR) is 133 cm³/mol. The van der Waals surface area contributed by atoms with E-state index < -0.39 is 35.2 Å². The lowest BCUT2D eigenvalue weighted by molar-refractivity contribution is -0.150. The van der Waals surface area contributed by atoms with Crippen molar-refractivity contribution < 1.29 is 24.2 Å². The number of aromatic hydroxyl groups is 1.